The Morgan fingerprint density at radius 2 is 1.83 bits per heavy atom. The minimum Gasteiger partial charge on any atom is -0.457 e. The minimum absolute atomic E-state index is 0.153. The van der Waals surface area contributed by atoms with E-state index in [0.29, 0.717) is 17.1 Å². The molecule has 1 aromatic heterocycles. The van der Waals surface area contributed by atoms with Gasteiger partial charge in [0.25, 0.3) is 11.1 Å². The molecule has 2 N–H and O–H groups in total. The van der Waals surface area contributed by atoms with Crippen LogP contribution in [0.25, 0.3) is 17.4 Å². The van der Waals surface area contributed by atoms with Crippen LogP contribution in [-0.4, -0.2) is 26.6 Å². The Bertz CT molecular complexity index is 942. The van der Waals surface area contributed by atoms with Crippen LogP contribution in [-0.2, 0) is 14.8 Å². The van der Waals surface area contributed by atoms with E-state index in [-0.39, 0.29) is 9.80 Å². The fraction of sp³-hybridized carbons (Fsp3) is 0.0667. The first-order valence-electron chi connectivity index (χ1n) is 6.78. The molecular weight excluding hydrogens is 352 g/mol. The second-order valence-corrected chi connectivity index (χ2v) is 7.69. The molecule has 1 aromatic carbocycles. The number of furan rings is 1. The zero-order chi connectivity index (χ0) is 17.3. The number of imide groups is 1. The van der Waals surface area contributed by atoms with Crippen LogP contribution < -0.4 is 10.0 Å². The monoisotopic (exact) mass is 364 g/mol. The second-order valence-electron chi connectivity index (χ2n) is 4.79. The first-order valence-corrected chi connectivity index (χ1v) is 9.08. The molecule has 0 spiro atoms. The highest BCUT2D eigenvalue weighted by Gasteiger charge is 2.25. The number of sulfonamides is 1. The molecule has 2 amide bonds. The van der Waals surface area contributed by atoms with E-state index in [1.807, 2.05) is 0 Å². The number of hydrogen-bond acceptors (Lipinski definition) is 6. The topological polar surface area (TPSA) is 105 Å². The maximum atomic E-state index is 11.7. The number of thioether (sulfide) groups is 1. The Labute approximate surface area is 142 Å². The van der Waals surface area contributed by atoms with Crippen molar-refractivity contribution in [2.45, 2.75) is 4.90 Å². The molecule has 0 saturated carbocycles. The third kappa shape index (κ3) is 3.28. The standard InChI is InChI=1S/C15H12N2O5S2/c1-16-24(20,21)11-5-2-9(3-6-11)12-7-4-10(22-12)8-13-14(18)17-15(19)23-13/h2-8,16H,1H3,(H,17,18,19)/b13-8-. The van der Waals surface area contributed by atoms with Crippen LogP contribution in [0.3, 0.4) is 0 Å². The van der Waals surface area contributed by atoms with E-state index >= 15 is 0 Å². The number of benzene rings is 1. The van der Waals surface area contributed by atoms with E-state index in [1.165, 1.54) is 25.3 Å². The van der Waals surface area contributed by atoms with Gasteiger partial charge in [-0.1, -0.05) is 0 Å². The van der Waals surface area contributed by atoms with Gasteiger partial charge in [0.2, 0.25) is 10.0 Å². The molecular formula is C15H12N2O5S2. The van der Waals surface area contributed by atoms with Gasteiger partial charge in [0.05, 0.1) is 9.80 Å². The van der Waals surface area contributed by atoms with Crippen LogP contribution >= 0.6 is 11.8 Å². The molecule has 9 heteroatoms. The van der Waals surface area contributed by atoms with Crippen molar-refractivity contribution >= 4 is 39.0 Å². The molecule has 1 saturated heterocycles. The first-order chi connectivity index (χ1) is 11.4. The molecule has 24 heavy (non-hydrogen) atoms. The predicted molar refractivity (Wildman–Crippen MR) is 89.5 cm³/mol. The molecule has 0 radical (unpaired) electrons. The highest BCUT2D eigenvalue weighted by molar-refractivity contribution is 8.18. The Kier molecular flexibility index (Phi) is 4.31. The quantitative estimate of drug-likeness (QED) is 0.806. The molecule has 2 heterocycles. The third-order valence-electron chi connectivity index (χ3n) is 3.26. The molecule has 3 rings (SSSR count). The van der Waals surface area contributed by atoms with Crippen molar-refractivity contribution in [3.63, 3.8) is 0 Å². The number of rotatable bonds is 4. The molecule has 7 nitrogen and oxygen atoms in total. The van der Waals surface area contributed by atoms with Gasteiger partial charge in [-0.2, -0.15) is 0 Å². The number of hydrogen-bond donors (Lipinski definition) is 2. The lowest BCUT2D eigenvalue weighted by Crippen LogP contribution is -2.18. The maximum absolute atomic E-state index is 11.7. The molecule has 0 unspecified atom stereocenters. The number of amides is 2. The molecule has 0 bridgehead atoms. The van der Waals surface area contributed by atoms with E-state index in [0.717, 1.165) is 11.8 Å². The van der Waals surface area contributed by atoms with Gasteiger partial charge >= 0.3 is 0 Å². The summed E-state index contributed by atoms with van der Waals surface area (Å²) in [4.78, 5) is 23.0. The summed E-state index contributed by atoms with van der Waals surface area (Å²) in [6.07, 6.45) is 1.48. The van der Waals surface area contributed by atoms with Gasteiger partial charge in [0.1, 0.15) is 11.5 Å². The van der Waals surface area contributed by atoms with Crippen LogP contribution in [0.2, 0.25) is 0 Å². The van der Waals surface area contributed by atoms with Crippen molar-refractivity contribution in [1.29, 1.82) is 0 Å². The second kappa shape index (κ2) is 6.27. The summed E-state index contributed by atoms with van der Waals surface area (Å²) >= 11 is 0.809. The van der Waals surface area contributed by atoms with Gasteiger partial charge in [0, 0.05) is 11.6 Å². The van der Waals surface area contributed by atoms with Crippen LogP contribution in [0.4, 0.5) is 4.79 Å². The smallest absolute Gasteiger partial charge is 0.290 e. The average molecular weight is 364 g/mol. The fourth-order valence-corrected chi connectivity index (χ4v) is 3.44. The number of carbonyl (C=O) groups is 2. The first kappa shape index (κ1) is 16.5. The summed E-state index contributed by atoms with van der Waals surface area (Å²) in [5.74, 6) is 0.485. The maximum Gasteiger partial charge on any atom is 0.290 e. The fourth-order valence-electron chi connectivity index (χ4n) is 2.05. The van der Waals surface area contributed by atoms with Crippen LogP contribution in [0, 0.1) is 0 Å². The number of carbonyl (C=O) groups excluding carboxylic acids is 2. The van der Waals surface area contributed by atoms with E-state index in [2.05, 4.69) is 10.0 Å². The van der Waals surface area contributed by atoms with Crippen molar-refractivity contribution in [3.05, 3.63) is 47.1 Å². The largest absolute Gasteiger partial charge is 0.457 e. The van der Waals surface area contributed by atoms with Crippen LogP contribution in [0.1, 0.15) is 5.76 Å². The van der Waals surface area contributed by atoms with Crippen LogP contribution in [0.15, 0.2) is 50.6 Å². The summed E-state index contributed by atoms with van der Waals surface area (Å²) in [6, 6.07) is 9.56. The summed E-state index contributed by atoms with van der Waals surface area (Å²) in [5, 5.41) is 1.75. The Hall–Kier alpha value is -2.36. The summed E-state index contributed by atoms with van der Waals surface area (Å²) in [7, 11) is -2.14. The molecule has 2 aromatic rings. The van der Waals surface area contributed by atoms with Crippen molar-refractivity contribution in [1.82, 2.24) is 10.0 Å². The molecule has 1 fully saturated rings. The van der Waals surface area contributed by atoms with Gasteiger partial charge in [-0.15, -0.1) is 0 Å². The third-order valence-corrected chi connectivity index (χ3v) is 5.50. The van der Waals surface area contributed by atoms with Gasteiger partial charge < -0.3 is 4.42 Å². The van der Waals surface area contributed by atoms with E-state index in [1.54, 1.807) is 24.3 Å². The van der Waals surface area contributed by atoms with Crippen molar-refractivity contribution < 1.29 is 22.4 Å². The van der Waals surface area contributed by atoms with Gasteiger partial charge in [0.15, 0.2) is 0 Å². The van der Waals surface area contributed by atoms with Crippen molar-refractivity contribution in [2.24, 2.45) is 0 Å². The highest BCUT2D eigenvalue weighted by Crippen LogP contribution is 2.28. The van der Waals surface area contributed by atoms with Crippen LogP contribution in [0.5, 0.6) is 0 Å². The average Bonchev–Trinajstić information content (AvgIpc) is 3.14. The Morgan fingerprint density at radius 1 is 1.12 bits per heavy atom. The summed E-state index contributed by atoms with van der Waals surface area (Å²) in [6.45, 7) is 0. The zero-order valence-electron chi connectivity index (χ0n) is 12.4. The lowest BCUT2D eigenvalue weighted by molar-refractivity contribution is -0.115. The van der Waals surface area contributed by atoms with E-state index < -0.39 is 21.2 Å². The lowest BCUT2D eigenvalue weighted by Gasteiger charge is -2.03. The van der Waals surface area contributed by atoms with Crippen molar-refractivity contribution in [2.75, 3.05) is 7.05 Å². The summed E-state index contributed by atoms with van der Waals surface area (Å²) in [5.41, 5.74) is 0.689. The van der Waals surface area contributed by atoms with E-state index in [4.69, 9.17) is 4.42 Å². The van der Waals surface area contributed by atoms with Gasteiger partial charge in [-0.3, -0.25) is 14.9 Å². The minimum atomic E-state index is -3.49. The SMILES string of the molecule is CNS(=O)(=O)c1ccc(-c2ccc(/C=C3\SC(=O)NC3=O)o2)cc1. The van der Waals surface area contributed by atoms with E-state index in [9.17, 15) is 18.0 Å². The zero-order valence-corrected chi connectivity index (χ0v) is 14.0. The Balaban J connectivity index is 1.85. The molecule has 0 atom stereocenters. The Morgan fingerprint density at radius 3 is 2.42 bits per heavy atom. The predicted octanol–water partition coefficient (Wildman–Crippen LogP) is 2.18. The van der Waals surface area contributed by atoms with Gasteiger partial charge in [-0.05, 0) is 55.2 Å². The highest BCUT2D eigenvalue weighted by atomic mass is 32.2. The molecule has 124 valence electrons. The number of nitrogens with one attached hydrogen (secondary N) is 2. The van der Waals surface area contributed by atoms with Crippen molar-refractivity contribution in [3.8, 4) is 11.3 Å². The normalized spacial score (nSPS) is 16.6. The van der Waals surface area contributed by atoms with Gasteiger partial charge in [-0.25, -0.2) is 13.1 Å². The lowest BCUT2D eigenvalue weighted by atomic mass is 10.2. The molecule has 1 aliphatic heterocycles. The summed E-state index contributed by atoms with van der Waals surface area (Å²) < 4.78 is 31.3. The molecule has 0 aliphatic carbocycles. The molecule has 1 aliphatic rings.